The summed E-state index contributed by atoms with van der Waals surface area (Å²) in [7, 11) is 0. The SMILES string of the molecule is Cl.O=C(Nc1ccc(F)cc1F)c1cc(Br)cnc1Nc1ccc(Oc2ccnc3[nH]ccc23)c(F)c1. The highest BCUT2D eigenvalue weighted by molar-refractivity contribution is 9.10. The van der Waals surface area contributed by atoms with Crippen molar-refractivity contribution >= 4 is 62.5 Å². The molecule has 0 unspecified atom stereocenters. The number of carbonyl (C=O) groups is 1. The molecule has 0 aliphatic rings. The van der Waals surface area contributed by atoms with Gasteiger partial charge in [0.2, 0.25) is 0 Å². The number of rotatable bonds is 6. The monoisotopic (exact) mass is 589 g/mol. The third-order valence-corrected chi connectivity index (χ3v) is 5.55. The molecule has 0 saturated heterocycles. The highest BCUT2D eigenvalue weighted by atomic mass is 79.9. The number of aromatic amines is 1. The Kier molecular flexibility index (Phi) is 7.65. The number of hydrogen-bond acceptors (Lipinski definition) is 5. The van der Waals surface area contributed by atoms with Gasteiger partial charge in [-0.05, 0) is 58.4 Å². The van der Waals surface area contributed by atoms with Gasteiger partial charge >= 0.3 is 0 Å². The molecular weight excluding hydrogens is 575 g/mol. The van der Waals surface area contributed by atoms with E-state index in [2.05, 4.69) is 41.5 Å². The standard InChI is InChI=1S/C25H15BrF3N5O2.ClH/c26-13-9-17(25(35)34-20-3-1-14(27)10-18(20)28)24(32-12-13)33-15-2-4-22(19(29)11-15)36-21-6-8-31-23-16(21)5-7-30-23;/h1-12H,(H,30,31)(H,32,33)(H,34,35);1H. The van der Waals surface area contributed by atoms with E-state index in [0.29, 0.717) is 33.0 Å². The van der Waals surface area contributed by atoms with E-state index in [4.69, 9.17) is 4.74 Å². The molecule has 0 aliphatic heterocycles. The van der Waals surface area contributed by atoms with E-state index in [9.17, 15) is 18.0 Å². The first-order valence-corrected chi connectivity index (χ1v) is 11.2. The van der Waals surface area contributed by atoms with Gasteiger partial charge in [0.25, 0.3) is 5.91 Å². The molecule has 3 heterocycles. The van der Waals surface area contributed by atoms with Crippen molar-refractivity contribution in [1.29, 1.82) is 0 Å². The molecule has 0 fully saturated rings. The van der Waals surface area contributed by atoms with Gasteiger partial charge in [0, 0.05) is 40.9 Å². The average Bonchev–Trinajstić information content (AvgIpc) is 3.33. The molecular formula is C25H16BrClF3N5O2. The number of nitrogens with one attached hydrogen (secondary N) is 3. The van der Waals surface area contributed by atoms with E-state index in [-0.39, 0.29) is 35.2 Å². The average molecular weight is 591 g/mol. The maximum atomic E-state index is 14.9. The summed E-state index contributed by atoms with van der Waals surface area (Å²) in [6.45, 7) is 0. The van der Waals surface area contributed by atoms with Crippen LogP contribution >= 0.6 is 28.3 Å². The molecule has 3 N–H and O–H groups in total. The van der Waals surface area contributed by atoms with Gasteiger partial charge in [0.15, 0.2) is 11.6 Å². The molecule has 5 aromatic rings. The normalized spacial score (nSPS) is 10.6. The van der Waals surface area contributed by atoms with E-state index in [1.54, 1.807) is 30.6 Å². The minimum Gasteiger partial charge on any atom is -0.453 e. The molecule has 37 heavy (non-hydrogen) atoms. The fraction of sp³-hybridized carbons (Fsp3) is 0. The third-order valence-electron chi connectivity index (χ3n) is 5.11. The first-order valence-electron chi connectivity index (χ1n) is 10.5. The van der Waals surface area contributed by atoms with Crippen LogP contribution in [0.3, 0.4) is 0 Å². The molecule has 7 nitrogen and oxygen atoms in total. The van der Waals surface area contributed by atoms with Crippen molar-refractivity contribution in [3.05, 3.63) is 101 Å². The van der Waals surface area contributed by atoms with Gasteiger partial charge in [-0.1, -0.05) is 0 Å². The molecule has 1 amide bonds. The molecule has 0 atom stereocenters. The highest BCUT2D eigenvalue weighted by Crippen LogP contribution is 2.32. The Hall–Kier alpha value is -4.09. The molecule has 2 aromatic carbocycles. The summed E-state index contributed by atoms with van der Waals surface area (Å²) >= 11 is 3.25. The summed E-state index contributed by atoms with van der Waals surface area (Å²) in [5.41, 5.74) is 0.741. The summed E-state index contributed by atoms with van der Waals surface area (Å²) in [5.74, 6) is -2.54. The van der Waals surface area contributed by atoms with Gasteiger partial charge in [0.1, 0.15) is 28.8 Å². The van der Waals surface area contributed by atoms with Crippen LogP contribution in [0.5, 0.6) is 11.5 Å². The molecule has 0 radical (unpaired) electrons. The lowest BCUT2D eigenvalue weighted by molar-refractivity contribution is 0.102. The number of hydrogen-bond donors (Lipinski definition) is 3. The van der Waals surface area contributed by atoms with E-state index >= 15 is 0 Å². The van der Waals surface area contributed by atoms with E-state index in [1.165, 1.54) is 24.4 Å². The molecule has 0 bridgehead atoms. The number of nitrogens with zero attached hydrogens (tertiary/aromatic N) is 2. The lowest BCUT2D eigenvalue weighted by atomic mass is 10.2. The number of H-pyrrole nitrogens is 1. The number of pyridine rings is 2. The number of anilines is 3. The van der Waals surface area contributed by atoms with Crippen molar-refractivity contribution in [1.82, 2.24) is 15.0 Å². The molecule has 0 spiro atoms. The molecule has 5 rings (SSSR count). The number of carbonyl (C=O) groups excluding carboxylic acids is 1. The Bertz CT molecular complexity index is 1620. The van der Waals surface area contributed by atoms with E-state index in [1.807, 2.05) is 0 Å². The smallest absolute Gasteiger partial charge is 0.259 e. The third kappa shape index (κ3) is 5.68. The lowest BCUT2D eigenvalue weighted by Gasteiger charge is -2.13. The Balaban J connectivity index is 0.00000320. The topological polar surface area (TPSA) is 91.9 Å². The maximum absolute atomic E-state index is 14.9. The van der Waals surface area contributed by atoms with Crippen LogP contribution in [0, 0.1) is 17.5 Å². The van der Waals surface area contributed by atoms with Crippen LogP contribution in [0.15, 0.2) is 77.7 Å². The van der Waals surface area contributed by atoms with Gasteiger partial charge in [-0.2, -0.15) is 0 Å². The van der Waals surface area contributed by atoms with E-state index in [0.717, 1.165) is 12.1 Å². The van der Waals surface area contributed by atoms with Crippen LogP contribution in [-0.4, -0.2) is 20.9 Å². The zero-order valence-electron chi connectivity index (χ0n) is 18.6. The second-order valence-corrected chi connectivity index (χ2v) is 8.46. The Morgan fingerprint density at radius 1 is 0.946 bits per heavy atom. The van der Waals surface area contributed by atoms with Gasteiger partial charge < -0.3 is 20.4 Å². The van der Waals surface area contributed by atoms with Crippen LogP contribution in [0.2, 0.25) is 0 Å². The summed E-state index contributed by atoms with van der Waals surface area (Å²) in [4.78, 5) is 24.2. The van der Waals surface area contributed by atoms with Crippen LogP contribution in [0.25, 0.3) is 11.0 Å². The summed E-state index contributed by atoms with van der Waals surface area (Å²) in [6.07, 6.45) is 4.69. The van der Waals surface area contributed by atoms with Crippen molar-refractivity contribution in [3.63, 3.8) is 0 Å². The number of aromatic nitrogens is 3. The molecule has 0 aliphatic carbocycles. The summed E-state index contributed by atoms with van der Waals surface area (Å²) in [5, 5.41) is 5.97. The summed E-state index contributed by atoms with van der Waals surface area (Å²) < 4.78 is 48.3. The van der Waals surface area contributed by atoms with Gasteiger partial charge in [-0.3, -0.25) is 4.79 Å². The lowest BCUT2D eigenvalue weighted by Crippen LogP contribution is -2.16. The number of ether oxygens (including phenoxy) is 1. The minimum atomic E-state index is -0.926. The highest BCUT2D eigenvalue weighted by Gasteiger charge is 2.17. The van der Waals surface area contributed by atoms with Crippen molar-refractivity contribution in [2.75, 3.05) is 10.6 Å². The quantitative estimate of drug-likeness (QED) is 0.192. The van der Waals surface area contributed by atoms with Crippen molar-refractivity contribution in [2.45, 2.75) is 0 Å². The number of halogens is 5. The molecule has 188 valence electrons. The van der Waals surface area contributed by atoms with Gasteiger partial charge in [-0.25, -0.2) is 23.1 Å². The fourth-order valence-corrected chi connectivity index (χ4v) is 3.76. The van der Waals surface area contributed by atoms with Crippen molar-refractivity contribution in [2.24, 2.45) is 0 Å². The largest absolute Gasteiger partial charge is 0.453 e. The van der Waals surface area contributed by atoms with Crippen LogP contribution in [0.1, 0.15) is 10.4 Å². The molecule has 3 aromatic heterocycles. The fourth-order valence-electron chi connectivity index (χ4n) is 3.43. The summed E-state index contributed by atoms with van der Waals surface area (Å²) in [6, 6.07) is 11.8. The van der Waals surface area contributed by atoms with Crippen molar-refractivity contribution in [3.8, 4) is 11.5 Å². The number of benzene rings is 2. The number of fused-ring (bicyclic) bond motifs is 1. The first kappa shape index (κ1) is 26.0. The Labute approximate surface area is 222 Å². The minimum absolute atomic E-state index is 0. The Morgan fingerprint density at radius 3 is 2.57 bits per heavy atom. The Morgan fingerprint density at radius 2 is 1.78 bits per heavy atom. The maximum Gasteiger partial charge on any atom is 0.259 e. The second-order valence-electron chi connectivity index (χ2n) is 7.55. The van der Waals surface area contributed by atoms with E-state index < -0.39 is 23.4 Å². The van der Waals surface area contributed by atoms with Crippen LogP contribution < -0.4 is 15.4 Å². The predicted molar refractivity (Wildman–Crippen MR) is 139 cm³/mol. The second kappa shape index (κ2) is 10.9. The van der Waals surface area contributed by atoms with Gasteiger partial charge in [0.05, 0.1) is 16.6 Å². The molecule has 12 heteroatoms. The van der Waals surface area contributed by atoms with Crippen LogP contribution in [0.4, 0.5) is 30.4 Å². The first-order chi connectivity index (χ1) is 17.4. The molecule has 0 saturated carbocycles. The zero-order chi connectivity index (χ0) is 25.2. The predicted octanol–water partition coefficient (Wildman–Crippen LogP) is 7.35. The van der Waals surface area contributed by atoms with Gasteiger partial charge in [-0.15, -0.1) is 12.4 Å². The number of amides is 1. The van der Waals surface area contributed by atoms with Crippen LogP contribution in [-0.2, 0) is 0 Å². The zero-order valence-corrected chi connectivity index (χ0v) is 21.0. The van der Waals surface area contributed by atoms with Crippen molar-refractivity contribution < 1.29 is 22.7 Å².